The lowest BCUT2D eigenvalue weighted by Gasteiger charge is -2.42. The van der Waals surface area contributed by atoms with E-state index in [9.17, 15) is 5.11 Å². The van der Waals surface area contributed by atoms with Gasteiger partial charge in [0.25, 0.3) is 0 Å². The Bertz CT molecular complexity index is 857. The summed E-state index contributed by atoms with van der Waals surface area (Å²) in [5.74, 6) is 0. The fourth-order valence-electron chi connectivity index (χ4n) is 4.38. The first kappa shape index (κ1) is 18.8. The summed E-state index contributed by atoms with van der Waals surface area (Å²) in [6.07, 6.45) is 8.12. The largest absolute Gasteiger partial charge is 0.378 e. The first-order valence-corrected chi connectivity index (χ1v) is 9.83. The minimum atomic E-state index is -1.26. The molecule has 1 unspecified atom stereocenters. The van der Waals surface area contributed by atoms with Crippen LogP contribution in [0.3, 0.4) is 0 Å². The molecule has 0 bridgehead atoms. The molecule has 1 atom stereocenters. The van der Waals surface area contributed by atoms with Gasteiger partial charge in [-0.25, -0.2) is 0 Å². The molecular formula is C24H27N3O. The summed E-state index contributed by atoms with van der Waals surface area (Å²) >= 11 is 0. The summed E-state index contributed by atoms with van der Waals surface area (Å²) < 4.78 is 0. The number of rotatable bonds is 5. The molecule has 1 saturated heterocycles. The summed E-state index contributed by atoms with van der Waals surface area (Å²) in [6.45, 7) is 6.45. The third-order valence-corrected chi connectivity index (χ3v) is 5.79. The van der Waals surface area contributed by atoms with Gasteiger partial charge in [-0.05, 0) is 36.1 Å². The number of aliphatic hydroxyl groups is 1. The van der Waals surface area contributed by atoms with Crippen molar-refractivity contribution in [3.8, 4) is 0 Å². The molecule has 28 heavy (non-hydrogen) atoms. The summed E-state index contributed by atoms with van der Waals surface area (Å²) in [5.41, 5.74) is 1.61. The molecule has 1 aliphatic heterocycles. The zero-order valence-corrected chi connectivity index (χ0v) is 16.5. The number of nitrogens with zero attached hydrogens (tertiary/aromatic N) is 3. The van der Waals surface area contributed by atoms with Crippen molar-refractivity contribution in [2.45, 2.75) is 31.9 Å². The van der Waals surface area contributed by atoms with Gasteiger partial charge in [-0.3, -0.25) is 14.9 Å². The van der Waals surface area contributed by atoms with E-state index < -0.39 is 5.60 Å². The minimum absolute atomic E-state index is 0.220. The number of aromatic nitrogens is 2. The van der Waals surface area contributed by atoms with Crippen molar-refractivity contribution in [1.82, 2.24) is 14.9 Å². The number of hydrogen-bond donors (Lipinski definition) is 1. The molecule has 1 fully saturated rings. The van der Waals surface area contributed by atoms with Crippen LogP contribution in [0, 0.1) is 5.41 Å². The van der Waals surface area contributed by atoms with Crippen molar-refractivity contribution < 1.29 is 5.11 Å². The lowest BCUT2D eigenvalue weighted by atomic mass is 9.77. The molecule has 0 aliphatic carbocycles. The van der Waals surface area contributed by atoms with Crippen LogP contribution in [0.5, 0.6) is 0 Å². The molecule has 0 spiro atoms. The molecule has 144 valence electrons. The fraction of sp³-hybridized carbons (Fsp3) is 0.333. The van der Waals surface area contributed by atoms with Gasteiger partial charge in [0, 0.05) is 42.5 Å². The van der Waals surface area contributed by atoms with Crippen molar-refractivity contribution >= 4 is 0 Å². The first-order chi connectivity index (χ1) is 13.5. The van der Waals surface area contributed by atoms with Crippen molar-refractivity contribution in [3.05, 3.63) is 96.1 Å². The van der Waals surface area contributed by atoms with Crippen LogP contribution in [0.25, 0.3) is 0 Å². The van der Waals surface area contributed by atoms with Crippen molar-refractivity contribution in [2.24, 2.45) is 5.41 Å². The van der Waals surface area contributed by atoms with Crippen LogP contribution in [0.15, 0.2) is 79.4 Å². The second-order valence-electron chi connectivity index (χ2n) is 8.45. The average molecular weight is 374 g/mol. The Morgan fingerprint density at radius 2 is 1.54 bits per heavy atom. The Morgan fingerprint density at radius 3 is 2.00 bits per heavy atom. The molecule has 0 amide bonds. The highest BCUT2D eigenvalue weighted by molar-refractivity contribution is 5.39. The molecule has 0 radical (unpaired) electrons. The summed E-state index contributed by atoms with van der Waals surface area (Å²) in [6, 6.07) is 17.7. The van der Waals surface area contributed by atoms with Gasteiger partial charge in [0.2, 0.25) is 0 Å². The van der Waals surface area contributed by atoms with E-state index in [2.05, 4.69) is 40.8 Å². The molecule has 1 N–H and O–H groups in total. The van der Waals surface area contributed by atoms with Crippen molar-refractivity contribution in [1.29, 1.82) is 0 Å². The highest BCUT2D eigenvalue weighted by Crippen LogP contribution is 2.47. The minimum Gasteiger partial charge on any atom is -0.378 e. The van der Waals surface area contributed by atoms with E-state index in [1.54, 1.807) is 24.8 Å². The zero-order chi connectivity index (χ0) is 19.6. The van der Waals surface area contributed by atoms with Gasteiger partial charge in [-0.15, -0.1) is 0 Å². The van der Waals surface area contributed by atoms with Crippen LogP contribution in [-0.2, 0) is 5.60 Å². The number of hydrogen-bond acceptors (Lipinski definition) is 4. The topological polar surface area (TPSA) is 49.2 Å². The molecule has 0 saturated carbocycles. The lowest BCUT2D eigenvalue weighted by Crippen LogP contribution is -2.45. The van der Waals surface area contributed by atoms with E-state index in [0.717, 1.165) is 36.2 Å². The summed E-state index contributed by atoms with van der Waals surface area (Å²) in [7, 11) is 0. The van der Waals surface area contributed by atoms with Gasteiger partial charge in [0.1, 0.15) is 5.60 Å². The Labute approximate surface area is 166 Å². The van der Waals surface area contributed by atoms with Gasteiger partial charge < -0.3 is 5.11 Å². The van der Waals surface area contributed by atoms with Gasteiger partial charge in [-0.1, -0.05) is 56.3 Å². The van der Waals surface area contributed by atoms with Crippen molar-refractivity contribution in [2.75, 3.05) is 13.1 Å². The van der Waals surface area contributed by atoms with E-state index in [-0.39, 0.29) is 11.5 Å². The van der Waals surface area contributed by atoms with Gasteiger partial charge in [0.15, 0.2) is 0 Å². The Morgan fingerprint density at radius 1 is 0.929 bits per heavy atom. The molecular weight excluding hydrogens is 346 g/mol. The predicted octanol–water partition coefficient (Wildman–Crippen LogP) is 4.19. The van der Waals surface area contributed by atoms with Crippen molar-refractivity contribution in [3.63, 3.8) is 0 Å². The number of benzene rings is 1. The molecule has 3 heterocycles. The maximum absolute atomic E-state index is 12.4. The molecule has 1 aliphatic rings. The third kappa shape index (κ3) is 3.46. The second kappa shape index (κ2) is 7.46. The normalized spacial score (nSPS) is 18.1. The monoisotopic (exact) mass is 373 g/mol. The Kier molecular flexibility index (Phi) is 5.00. The summed E-state index contributed by atoms with van der Waals surface area (Å²) in [5, 5.41) is 12.4. The van der Waals surface area contributed by atoms with Gasteiger partial charge in [0.05, 0.1) is 6.04 Å². The average Bonchev–Trinajstić information content (AvgIpc) is 3.09. The van der Waals surface area contributed by atoms with Crippen LogP contribution in [0.2, 0.25) is 0 Å². The first-order valence-electron chi connectivity index (χ1n) is 9.83. The molecule has 1 aromatic carbocycles. The van der Waals surface area contributed by atoms with Gasteiger partial charge in [-0.2, -0.15) is 0 Å². The number of pyridine rings is 2. The molecule has 4 heteroatoms. The van der Waals surface area contributed by atoms with Crippen LogP contribution in [-0.4, -0.2) is 33.1 Å². The van der Waals surface area contributed by atoms with E-state index in [1.165, 1.54) is 0 Å². The second-order valence-corrected chi connectivity index (χ2v) is 8.45. The van der Waals surface area contributed by atoms with Crippen LogP contribution >= 0.6 is 0 Å². The molecule has 4 nitrogen and oxygen atoms in total. The quantitative estimate of drug-likeness (QED) is 0.729. The number of likely N-dealkylation sites (tertiary alicyclic amines) is 1. The fourth-order valence-corrected chi connectivity index (χ4v) is 4.38. The maximum Gasteiger partial charge on any atom is 0.137 e. The third-order valence-electron chi connectivity index (χ3n) is 5.79. The van der Waals surface area contributed by atoms with E-state index in [1.807, 2.05) is 42.5 Å². The maximum atomic E-state index is 12.4. The molecule has 2 aromatic heterocycles. The highest BCUT2D eigenvalue weighted by Gasteiger charge is 2.47. The highest BCUT2D eigenvalue weighted by atomic mass is 16.3. The predicted molar refractivity (Wildman–Crippen MR) is 111 cm³/mol. The van der Waals surface area contributed by atoms with Crippen LogP contribution in [0.1, 0.15) is 43.0 Å². The zero-order valence-electron chi connectivity index (χ0n) is 16.5. The van der Waals surface area contributed by atoms with E-state index in [4.69, 9.17) is 0 Å². The van der Waals surface area contributed by atoms with Crippen LogP contribution in [0.4, 0.5) is 0 Å². The smallest absolute Gasteiger partial charge is 0.137 e. The van der Waals surface area contributed by atoms with Gasteiger partial charge >= 0.3 is 0 Å². The van der Waals surface area contributed by atoms with E-state index in [0.29, 0.717) is 0 Å². The van der Waals surface area contributed by atoms with E-state index >= 15 is 0 Å². The standard InChI is InChI=1S/C24H27N3O/c1-23(2)12-15-27(18-23)22(19-8-4-3-5-9-19)24(28,20-10-6-13-25-16-20)21-11-7-14-26-17-21/h3-11,13-14,16-17,22,28H,12,15,18H2,1-2H3. The Hall–Kier alpha value is -2.56. The molecule has 3 aromatic rings. The Balaban J connectivity index is 1.92. The SMILES string of the molecule is CC1(C)CCN(C(c2ccccc2)C(O)(c2cccnc2)c2cccnc2)C1. The lowest BCUT2D eigenvalue weighted by molar-refractivity contribution is -0.0182. The summed E-state index contributed by atoms with van der Waals surface area (Å²) in [4.78, 5) is 11.0. The van der Waals surface area contributed by atoms with Crippen LogP contribution < -0.4 is 0 Å². The molecule has 4 rings (SSSR count).